The van der Waals surface area contributed by atoms with Gasteiger partial charge in [0.05, 0.1) is 24.6 Å². The molecule has 2 saturated heterocycles. The van der Waals surface area contributed by atoms with Crippen molar-refractivity contribution in [2.75, 3.05) is 56.1 Å². The van der Waals surface area contributed by atoms with Crippen molar-refractivity contribution in [2.45, 2.75) is 58.0 Å². The number of hydrogen-bond acceptors (Lipinski definition) is 6. The molecule has 2 heterocycles. The monoisotopic (exact) mass is 490 g/mol. The first-order valence-corrected chi connectivity index (χ1v) is 14.4. The third kappa shape index (κ3) is 6.17. The zero-order valence-corrected chi connectivity index (χ0v) is 21.3. The molecule has 34 heavy (non-hydrogen) atoms. The van der Waals surface area contributed by atoms with Crippen molar-refractivity contribution in [3.8, 4) is 0 Å². The van der Waals surface area contributed by atoms with E-state index in [2.05, 4.69) is 15.1 Å². The van der Waals surface area contributed by atoms with Gasteiger partial charge in [-0.3, -0.25) is 19.4 Å². The predicted molar refractivity (Wildman–Crippen MR) is 134 cm³/mol. The standard InChI is InChI=1S/C25H38N4O4S/c1-19-6-5-9-23(20(19)2)26-24(30)16-27-11-13-28(14-12-27)17-25(31)29(21-7-3-4-8-21)22-10-15-34(32,33)18-22/h5-6,9,21-22H,3-4,7-8,10-18H2,1-2H3,(H,26,30)/t22-/m1/s1. The second-order valence-electron chi connectivity index (χ2n) is 10.1. The Morgan fingerprint density at radius 3 is 2.24 bits per heavy atom. The lowest BCUT2D eigenvalue weighted by Gasteiger charge is -2.38. The zero-order chi connectivity index (χ0) is 24.3. The maximum atomic E-state index is 13.3. The lowest BCUT2D eigenvalue weighted by molar-refractivity contribution is -0.137. The van der Waals surface area contributed by atoms with E-state index in [0.29, 0.717) is 19.5 Å². The fourth-order valence-electron chi connectivity index (χ4n) is 5.54. The van der Waals surface area contributed by atoms with Crippen LogP contribution in [0.5, 0.6) is 0 Å². The Labute approximate surface area is 203 Å². The number of hydrogen-bond donors (Lipinski definition) is 1. The van der Waals surface area contributed by atoms with Crippen LogP contribution in [0, 0.1) is 13.8 Å². The smallest absolute Gasteiger partial charge is 0.238 e. The number of amides is 2. The molecule has 1 aromatic rings. The number of carbonyl (C=O) groups is 2. The summed E-state index contributed by atoms with van der Waals surface area (Å²) in [5.74, 6) is 0.346. The quantitative estimate of drug-likeness (QED) is 0.627. The summed E-state index contributed by atoms with van der Waals surface area (Å²) in [6.07, 6.45) is 4.73. The molecule has 3 aliphatic rings. The molecule has 8 nitrogen and oxygen atoms in total. The van der Waals surface area contributed by atoms with Gasteiger partial charge in [-0.05, 0) is 50.3 Å². The largest absolute Gasteiger partial charge is 0.335 e. The summed E-state index contributed by atoms with van der Waals surface area (Å²) in [5, 5.41) is 3.02. The van der Waals surface area contributed by atoms with Crippen LogP contribution in [0.3, 0.4) is 0 Å². The fourth-order valence-corrected chi connectivity index (χ4v) is 7.25. The van der Waals surface area contributed by atoms with Gasteiger partial charge in [0.15, 0.2) is 9.84 Å². The number of carbonyl (C=O) groups excluding carboxylic acids is 2. The summed E-state index contributed by atoms with van der Waals surface area (Å²) in [7, 11) is -3.04. The number of rotatable bonds is 7. The van der Waals surface area contributed by atoms with Crippen molar-refractivity contribution in [1.29, 1.82) is 0 Å². The molecular weight excluding hydrogens is 452 g/mol. The number of benzene rings is 1. The van der Waals surface area contributed by atoms with Crippen molar-refractivity contribution in [1.82, 2.24) is 14.7 Å². The van der Waals surface area contributed by atoms with E-state index in [9.17, 15) is 18.0 Å². The molecule has 2 aliphatic heterocycles. The molecule has 1 saturated carbocycles. The number of aryl methyl sites for hydroxylation is 1. The normalized spacial score (nSPS) is 23.8. The number of nitrogens with zero attached hydrogens (tertiary/aromatic N) is 3. The van der Waals surface area contributed by atoms with Crippen LogP contribution in [0.1, 0.15) is 43.2 Å². The van der Waals surface area contributed by atoms with Gasteiger partial charge in [-0.15, -0.1) is 0 Å². The Morgan fingerprint density at radius 2 is 1.62 bits per heavy atom. The van der Waals surface area contributed by atoms with Gasteiger partial charge < -0.3 is 10.2 Å². The van der Waals surface area contributed by atoms with Crippen LogP contribution < -0.4 is 5.32 Å². The summed E-state index contributed by atoms with van der Waals surface area (Å²) in [4.78, 5) is 32.1. The van der Waals surface area contributed by atoms with Crippen molar-refractivity contribution in [2.24, 2.45) is 0 Å². The molecule has 3 fully saturated rings. The minimum absolute atomic E-state index is 0.0203. The molecule has 0 radical (unpaired) electrons. The highest BCUT2D eigenvalue weighted by molar-refractivity contribution is 7.91. The number of piperazine rings is 1. The second kappa shape index (κ2) is 10.7. The Kier molecular flexibility index (Phi) is 7.94. The van der Waals surface area contributed by atoms with Gasteiger partial charge in [0.25, 0.3) is 0 Å². The van der Waals surface area contributed by atoms with Gasteiger partial charge in [-0.2, -0.15) is 0 Å². The average Bonchev–Trinajstić information content (AvgIpc) is 3.43. The van der Waals surface area contributed by atoms with Crippen LogP contribution in [-0.2, 0) is 19.4 Å². The van der Waals surface area contributed by atoms with Crippen LogP contribution in [0.4, 0.5) is 5.69 Å². The highest BCUT2D eigenvalue weighted by Gasteiger charge is 2.39. The summed E-state index contributed by atoms with van der Waals surface area (Å²) >= 11 is 0. The van der Waals surface area contributed by atoms with E-state index in [-0.39, 0.29) is 35.4 Å². The third-order valence-electron chi connectivity index (χ3n) is 7.68. The highest BCUT2D eigenvalue weighted by atomic mass is 32.2. The van der Waals surface area contributed by atoms with Gasteiger partial charge in [0.2, 0.25) is 11.8 Å². The van der Waals surface area contributed by atoms with E-state index in [0.717, 1.165) is 68.7 Å². The first kappa shape index (κ1) is 25.1. The number of sulfone groups is 1. The van der Waals surface area contributed by atoms with Gasteiger partial charge >= 0.3 is 0 Å². The molecule has 0 bridgehead atoms. The van der Waals surface area contributed by atoms with E-state index >= 15 is 0 Å². The van der Waals surface area contributed by atoms with Gasteiger partial charge in [0.1, 0.15) is 0 Å². The number of anilines is 1. The topological polar surface area (TPSA) is 90.0 Å². The fraction of sp³-hybridized carbons (Fsp3) is 0.680. The van der Waals surface area contributed by atoms with Crippen molar-refractivity contribution in [3.05, 3.63) is 29.3 Å². The molecule has 0 spiro atoms. The van der Waals surface area contributed by atoms with Gasteiger partial charge in [0, 0.05) is 44.0 Å². The number of nitrogens with one attached hydrogen (secondary N) is 1. The molecular formula is C25H38N4O4S. The van der Waals surface area contributed by atoms with E-state index in [4.69, 9.17) is 0 Å². The second-order valence-corrected chi connectivity index (χ2v) is 12.4. The molecule has 1 aliphatic carbocycles. The third-order valence-corrected chi connectivity index (χ3v) is 9.43. The molecule has 4 rings (SSSR count). The maximum absolute atomic E-state index is 13.3. The summed E-state index contributed by atoms with van der Waals surface area (Å²) in [6.45, 7) is 7.62. The van der Waals surface area contributed by atoms with E-state index in [1.807, 2.05) is 36.9 Å². The summed E-state index contributed by atoms with van der Waals surface area (Å²) < 4.78 is 24.1. The lowest BCUT2D eigenvalue weighted by atomic mass is 10.1. The summed E-state index contributed by atoms with van der Waals surface area (Å²) in [5.41, 5.74) is 3.09. The van der Waals surface area contributed by atoms with Gasteiger partial charge in [-0.25, -0.2) is 8.42 Å². The lowest BCUT2D eigenvalue weighted by Crippen LogP contribution is -2.54. The molecule has 0 unspecified atom stereocenters. The highest BCUT2D eigenvalue weighted by Crippen LogP contribution is 2.29. The first-order chi connectivity index (χ1) is 16.2. The Balaban J connectivity index is 1.27. The minimum Gasteiger partial charge on any atom is -0.335 e. The molecule has 1 N–H and O–H groups in total. The van der Waals surface area contributed by atoms with E-state index in [1.54, 1.807) is 0 Å². The van der Waals surface area contributed by atoms with E-state index < -0.39 is 9.84 Å². The van der Waals surface area contributed by atoms with Crippen LogP contribution >= 0.6 is 0 Å². The Bertz CT molecular complexity index is 998. The molecule has 1 atom stereocenters. The zero-order valence-electron chi connectivity index (χ0n) is 20.5. The predicted octanol–water partition coefficient (Wildman–Crippen LogP) is 1.82. The van der Waals surface area contributed by atoms with Crippen LogP contribution in [0.15, 0.2) is 18.2 Å². The van der Waals surface area contributed by atoms with E-state index in [1.165, 1.54) is 0 Å². The van der Waals surface area contributed by atoms with Crippen LogP contribution in [0.2, 0.25) is 0 Å². The average molecular weight is 491 g/mol. The van der Waals surface area contributed by atoms with Crippen molar-refractivity contribution >= 4 is 27.3 Å². The Hall–Kier alpha value is -1.97. The first-order valence-electron chi connectivity index (χ1n) is 12.5. The van der Waals surface area contributed by atoms with Crippen molar-refractivity contribution < 1.29 is 18.0 Å². The molecule has 188 valence electrons. The van der Waals surface area contributed by atoms with Crippen molar-refractivity contribution in [3.63, 3.8) is 0 Å². The summed E-state index contributed by atoms with van der Waals surface area (Å²) in [6, 6.07) is 5.92. The van der Waals surface area contributed by atoms with Gasteiger partial charge in [-0.1, -0.05) is 25.0 Å². The maximum Gasteiger partial charge on any atom is 0.238 e. The van der Waals surface area contributed by atoms with Crippen LogP contribution in [0.25, 0.3) is 0 Å². The SMILES string of the molecule is Cc1cccc(NC(=O)CN2CCN(CC(=O)N(C3CCCC3)[C@@H]3CCS(=O)(=O)C3)CC2)c1C. The molecule has 2 amide bonds. The minimum atomic E-state index is -3.04. The molecule has 9 heteroatoms. The van der Waals surface area contributed by atoms with Crippen LogP contribution in [-0.4, -0.2) is 97.8 Å². The molecule has 0 aromatic heterocycles. The Morgan fingerprint density at radius 1 is 0.971 bits per heavy atom. The molecule has 1 aromatic carbocycles.